The zero-order chi connectivity index (χ0) is 7.68. The van der Waals surface area contributed by atoms with Gasteiger partial charge in [0.1, 0.15) is 11.9 Å². The van der Waals surface area contributed by atoms with Crippen molar-refractivity contribution in [2.45, 2.75) is 12.5 Å². The van der Waals surface area contributed by atoms with E-state index in [2.05, 4.69) is 0 Å². The van der Waals surface area contributed by atoms with Crippen LogP contribution in [0.1, 0.15) is 6.42 Å². The van der Waals surface area contributed by atoms with Crippen molar-refractivity contribution in [3.05, 3.63) is 23.5 Å². The summed E-state index contributed by atoms with van der Waals surface area (Å²) in [4.78, 5) is 0. The Bertz CT molecular complexity index is 217. The summed E-state index contributed by atoms with van der Waals surface area (Å²) >= 11 is 0. The van der Waals surface area contributed by atoms with E-state index in [1.54, 1.807) is 0 Å². The largest absolute Gasteiger partial charge is 0.469 e. The molecule has 0 amide bonds. The van der Waals surface area contributed by atoms with E-state index in [-0.39, 0.29) is 12.7 Å². The highest BCUT2D eigenvalue weighted by Crippen LogP contribution is 2.26. The Labute approximate surface area is 64.9 Å². The first kappa shape index (κ1) is 6.88. The van der Waals surface area contributed by atoms with E-state index in [4.69, 9.17) is 14.6 Å². The second-order valence-electron chi connectivity index (χ2n) is 2.67. The Morgan fingerprint density at radius 1 is 1.55 bits per heavy atom. The van der Waals surface area contributed by atoms with Gasteiger partial charge >= 0.3 is 0 Å². The van der Waals surface area contributed by atoms with Gasteiger partial charge in [0.25, 0.3) is 0 Å². The van der Waals surface area contributed by atoms with Gasteiger partial charge in [0.05, 0.1) is 6.61 Å². The summed E-state index contributed by atoms with van der Waals surface area (Å²) in [6.45, 7) is 0.465. The third kappa shape index (κ3) is 1.17. The van der Waals surface area contributed by atoms with Gasteiger partial charge < -0.3 is 14.6 Å². The number of allylic oxidation sites excluding steroid dienone is 2. The monoisotopic (exact) mass is 154 g/mol. The summed E-state index contributed by atoms with van der Waals surface area (Å²) in [6.07, 6.45) is 4.58. The van der Waals surface area contributed by atoms with Gasteiger partial charge in [-0.15, -0.1) is 0 Å². The van der Waals surface area contributed by atoms with Crippen LogP contribution in [0, 0.1) is 0 Å². The zero-order valence-corrected chi connectivity index (χ0v) is 6.12. The molecular formula is C8H10O3. The molecule has 60 valence electrons. The minimum absolute atomic E-state index is 0.0575. The number of hydrogen-bond acceptors (Lipinski definition) is 3. The molecule has 0 radical (unpaired) electrons. The molecule has 1 N–H and O–H groups in total. The van der Waals surface area contributed by atoms with Gasteiger partial charge in [-0.1, -0.05) is 6.08 Å². The summed E-state index contributed by atoms with van der Waals surface area (Å²) < 4.78 is 10.4. The molecular weight excluding hydrogens is 144 g/mol. The lowest BCUT2D eigenvalue weighted by Gasteiger charge is -2.13. The van der Waals surface area contributed by atoms with Crippen LogP contribution < -0.4 is 0 Å². The molecule has 0 bridgehead atoms. The van der Waals surface area contributed by atoms with E-state index in [9.17, 15) is 0 Å². The van der Waals surface area contributed by atoms with Gasteiger partial charge in [-0.2, -0.15) is 0 Å². The fourth-order valence-electron chi connectivity index (χ4n) is 1.30. The quantitative estimate of drug-likeness (QED) is 0.600. The van der Waals surface area contributed by atoms with Crippen LogP contribution >= 0.6 is 0 Å². The van der Waals surface area contributed by atoms with Gasteiger partial charge in [-0.25, -0.2) is 0 Å². The molecule has 11 heavy (non-hydrogen) atoms. The van der Waals surface area contributed by atoms with Crippen LogP contribution in [0.25, 0.3) is 0 Å². The van der Waals surface area contributed by atoms with Crippen molar-refractivity contribution in [2.75, 3.05) is 13.4 Å². The molecule has 1 heterocycles. The average molecular weight is 154 g/mol. The Kier molecular flexibility index (Phi) is 1.68. The van der Waals surface area contributed by atoms with Crippen LogP contribution in [0.15, 0.2) is 23.5 Å². The number of ether oxygens (including phenoxy) is 2. The molecule has 0 aromatic carbocycles. The molecule has 2 rings (SSSR count). The van der Waals surface area contributed by atoms with Crippen molar-refractivity contribution in [3.63, 3.8) is 0 Å². The second kappa shape index (κ2) is 2.68. The van der Waals surface area contributed by atoms with Crippen molar-refractivity contribution in [2.24, 2.45) is 0 Å². The molecule has 0 saturated carbocycles. The SMILES string of the molecule is OCC1=CC=C2OCOC2C1. The van der Waals surface area contributed by atoms with Crippen molar-refractivity contribution in [1.82, 2.24) is 0 Å². The van der Waals surface area contributed by atoms with Gasteiger partial charge in [0, 0.05) is 6.42 Å². The highest BCUT2D eigenvalue weighted by molar-refractivity contribution is 5.25. The molecule has 3 nitrogen and oxygen atoms in total. The molecule has 0 spiro atoms. The normalized spacial score (nSPS) is 28.6. The first-order valence-corrected chi connectivity index (χ1v) is 3.65. The Morgan fingerprint density at radius 2 is 2.45 bits per heavy atom. The third-order valence-corrected chi connectivity index (χ3v) is 1.95. The standard InChI is InChI=1S/C8H10O3/c9-4-6-1-2-7-8(3-6)11-5-10-7/h1-2,8-9H,3-5H2. The van der Waals surface area contributed by atoms with E-state index < -0.39 is 0 Å². The van der Waals surface area contributed by atoms with Gasteiger partial charge in [-0.3, -0.25) is 0 Å². The van der Waals surface area contributed by atoms with E-state index in [1.165, 1.54) is 0 Å². The minimum Gasteiger partial charge on any atom is -0.469 e. The third-order valence-electron chi connectivity index (χ3n) is 1.95. The minimum atomic E-state index is 0.0575. The van der Waals surface area contributed by atoms with E-state index in [1.807, 2.05) is 12.2 Å². The number of aliphatic hydroxyl groups excluding tert-OH is 1. The first-order chi connectivity index (χ1) is 5.40. The van der Waals surface area contributed by atoms with Gasteiger partial charge in [0.15, 0.2) is 6.79 Å². The highest BCUT2D eigenvalue weighted by Gasteiger charge is 2.26. The topological polar surface area (TPSA) is 38.7 Å². The molecule has 1 atom stereocenters. The van der Waals surface area contributed by atoms with Crippen LogP contribution in [0.5, 0.6) is 0 Å². The van der Waals surface area contributed by atoms with E-state index >= 15 is 0 Å². The van der Waals surface area contributed by atoms with Crippen molar-refractivity contribution in [3.8, 4) is 0 Å². The Morgan fingerprint density at radius 3 is 3.27 bits per heavy atom. The maximum atomic E-state index is 8.82. The number of aliphatic hydroxyl groups is 1. The molecule has 1 unspecified atom stereocenters. The maximum Gasteiger partial charge on any atom is 0.189 e. The number of fused-ring (bicyclic) bond motifs is 1. The van der Waals surface area contributed by atoms with Crippen molar-refractivity contribution < 1.29 is 14.6 Å². The van der Waals surface area contributed by atoms with Crippen LogP contribution in [-0.2, 0) is 9.47 Å². The van der Waals surface area contributed by atoms with Gasteiger partial charge in [0.2, 0.25) is 0 Å². The second-order valence-corrected chi connectivity index (χ2v) is 2.67. The average Bonchev–Trinajstić information content (AvgIpc) is 2.50. The molecule has 1 aliphatic heterocycles. The summed E-state index contributed by atoms with van der Waals surface area (Å²) in [6, 6.07) is 0. The van der Waals surface area contributed by atoms with Crippen LogP contribution in [0.3, 0.4) is 0 Å². The molecule has 1 aliphatic carbocycles. The Balaban J connectivity index is 2.15. The number of hydrogen-bond donors (Lipinski definition) is 1. The predicted octanol–water partition coefficient (Wildman–Crippen LogP) is 0.566. The lowest BCUT2D eigenvalue weighted by Crippen LogP contribution is -2.13. The molecule has 0 aromatic rings. The fourth-order valence-corrected chi connectivity index (χ4v) is 1.30. The summed E-state index contributed by atoms with van der Waals surface area (Å²) in [5.74, 6) is 0.891. The molecule has 3 heteroatoms. The zero-order valence-electron chi connectivity index (χ0n) is 6.12. The highest BCUT2D eigenvalue weighted by atomic mass is 16.7. The fraction of sp³-hybridized carbons (Fsp3) is 0.500. The lowest BCUT2D eigenvalue weighted by atomic mass is 10.0. The van der Waals surface area contributed by atoms with E-state index in [0.29, 0.717) is 6.79 Å². The van der Waals surface area contributed by atoms with Gasteiger partial charge in [-0.05, 0) is 11.6 Å². The molecule has 1 saturated heterocycles. The lowest BCUT2D eigenvalue weighted by molar-refractivity contribution is 0.0493. The predicted molar refractivity (Wildman–Crippen MR) is 38.7 cm³/mol. The number of rotatable bonds is 1. The summed E-state index contributed by atoms with van der Waals surface area (Å²) in [7, 11) is 0. The van der Waals surface area contributed by atoms with Crippen molar-refractivity contribution in [1.29, 1.82) is 0 Å². The molecule has 2 aliphatic rings. The van der Waals surface area contributed by atoms with Crippen LogP contribution in [0.2, 0.25) is 0 Å². The Hall–Kier alpha value is -0.800. The molecule has 0 aromatic heterocycles. The van der Waals surface area contributed by atoms with Crippen molar-refractivity contribution >= 4 is 0 Å². The first-order valence-electron chi connectivity index (χ1n) is 3.65. The van der Waals surface area contributed by atoms with Crippen LogP contribution in [0.4, 0.5) is 0 Å². The van der Waals surface area contributed by atoms with Crippen LogP contribution in [-0.4, -0.2) is 24.6 Å². The maximum absolute atomic E-state index is 8.82. The summed E-state index contributed by atoms with van der Waals surface area (Å²) in [5, 5.41) is 8.82. The molecule has 1 fully saturated rings. The summed E-state index contributed by atoms with van der Waals surface area (Å²) in [5.41, 5.74) is 1.00. The van der Waals surface area contributed by atoms with E-state index in [0.717, 1.165) is 17.8 Å². The smallest absolute Gasteiger partial charge is 0.189 e.